The van der Waals surface area contributed by atoms with E-state index in [-0.39, 0.29) is 25.6 Å². The number of carbonyl (C=O) groups is 2. The van der Waals surface area contributed by atoms with Crippen LogP contribution in [-0.2, 0) is 0 Å². The summed E-state index contributed by atoms with van der Waals surface area (Å²) in [5.41, 5.74) is 1.31. The largest absolute Gasteiger partial charge is 0.454 e. The first-order valence-corrected chi connectivity index (χ1v) is 11.5. The van der Waals surface area contributed by atoms with Gasteiger partial charge < -0.3 is 40.2 Å². The summed E-state index contributed by atoms with van der Waals surface area (Å²) >= 11 is 0. The van der Waals surface area contributed by atoms with Gasteiger partial charge in [0.2, 0.25) is 13.6 Å². The lowest BCUT2D eigenvalue weighted by atomic mass is 9.81. The molecular weight excluding hydrogens is 440 g/mol. The highest BCUT2D eigenvalue weighted by atomic mass is 16.7. The molecule has 10 nitrogen and oxygen atoms in total. The summed E-state index contributed by atoms with van der Waals surface area (Å²) in [5.74, 6) is 3.36. The fourth-order valence-electron chi connectivity index (χ4n) is 4.55. The van der Waals surface area contributed by atoms with E-state index in [0.29, 0.717) is 59.3 Å². The Morgan fingerprint density at radius 3 is 1.68 bits per heavy atom. The van der Waals surface area contributed by atoms with Crippen LogP contribution < -0.4 is 40.2 Å². The van der Waals surface area contributed by atoms with Gasteiger partial charge in [-0.15, -0.1) is 0 Å². The van der Waals surface area contributed by atoms with Gasteiger partial charge in [0.25, 0.3) is 0 Å². The molecule has 2 heterocycles. The second-order valence-corrected chi connectivity index (χ2v) is 8.70. The lowest BCUT2D eigenvalue weighted by molar-refractivity contribution is 0.173. The van der Waals surface area contributed by atoms with Crippen molar-refractivity contribution in [3.63, 3.8) is 0 Å². The maximum Gasteiger partial charge on any atom is 0.319 e. The summed E-state index contributed by atoms with van der Waals surface area (Å²) < 4.78 is 21.2. The van der Waals surface area contributed by atoms with Gasteiger partial charge in [-0.05, 0) is 55.4 Å². The van der Waals surface area contributed by atoms with Crippen molar-refractivity contribution in [1.29, 1.82) is 0 Å². The molecule has 2 aliphatic heterocycles. The SMILES string of the molecule is O=C(NC[C@@H]1CCC[C@@H](CNC(=O)Nc2ccc3c(c2)OCO3)C1)Nc1ccc2c(c1)OCO2. The monoisotopic (exact) mass is 468 g/mol. The average Bonchev–Trinajstić information content (AvgIpc) is 3.50. The highest BCUT2D eigenvalue weighted by molar-refractivity contribution is 5.90. The lowest BCUT2D eigenvalue weighted by Crippen LogP contribution is -2.38. The van der Waals surface area contributed by atoms with E-state index in [1.807, 2.05) is 0 Å². The summed E-state index contributed by atoms with van der Waals surface area (Å²) in [5, 5.41) is 11.6. The van der Waals surface area contributed by atoms with Crippen LogP contribution in [0.15, 0.2) is 36.4 Å². The first-order chi connectivity index (χ1) is 16.6. The minimum atomic E-state index is -0.248. The number of nitrogens with one attached hydrogen (secondary N) is 4. The van der Waals surface area contributed by atoms with Crippen molar-refractivity contribution in [2.24, 2.45) is 11.8 Å². The van der Waals surface area contributed by atoms with E-state index in [9.17, 15) is 9.59 Å². The topological polar surface area (TPSA) is 119 Å². The molecule has 0 aromatic heterocycles. The van der Waals surface area contributed by atoms with Crippen LogP contribution in [0.1, 0.15) is 25.7 Å². The quantitative estimate of drug-likeness (QED) is 0.511. The molecule has 0 unspecified atom stereocenters. The molecule has 34 heavy (non-hydrogen) atoms. The van der Waals surface area contributed by atoms with Gasteiger partial charge in [-0.25, -0.2) is 9.59 Å². The maximum atomic E-state index is 12.3. The molecule has 180 valence electrons. The third kappa shape index (κ3) is 5.38. The van der Waals surface area contributed by atoms with Gasteiger partial charge in [-0.3, -0.25) is 0 Å². The van der Waals surface area contributed by atoms with Crippen molar-refractivity contribution >= 4 is 23.4 Å². The Labute approximate surface area is 197 Å². The number of ether oxygens (including phenoxy) is 4. The highest BCUT2D eigenvalue weighted by Crippen LogP contribution is 2.35. The molecule has 5 rings (SSSR count). The highest BCUT2D eigenvalue weighted by Gasteiger charge is 2.23. The Balaban J connectivity index is 1.02. The predicted octanol–water partition coefficient (Wildman–Crippen LogP) is 3.89. The van der Waals surface area contributed by atoms with Crippen molar-refractivity contribution in [3.05, 3.63) is 36.4 Å². The molecule has 0 spiro atoms. The fraction of sp³-hybridized carbons (Fsp3) is 0.417. The van der Waals surface area contributed by atoms with Crippen LogP contribution in [-0.4, -0.2) is 38.7 Å². The second kappa shape index (κ2) is 9.98. The van der Waals surface area contributed by atoms with Gasteiger partial charge in [0.05, 0.1) is 0 Å². The van der Waals surface area contributed by atoms with Gasteiger partial charge in [0.1, 0.15) is 0 Å². The van der Waals surface area contributed by atoms with Crippen LogP contribution in [0.5, 0.6) is 23.0 Å². The van der Waals surface area contributed by atoms with E-state index in [1.165, 1.54) is 0 Å². The molecule has 2 aromatic carbocycles. The Morgan fingerprint density at radius 2 is 1.18 bits per heavy atom. The van der Waals surface area contributed by atoms with Crippen LogP contribution in [0.25, 0.3) is 0 Å². The van der Waals surface area contributed by atoms with E-state index >= 15 is 0 Å². The number of rotatable bonds is 6. The van der Waals surface area contributed by atoms with Crippen LogP contribution >= 0.6 is 0 Å². The Bertz CT molecular complexity index is 980. The molecule has 10 heteroatoms. The number of benzene rings is 2. The summed E-state index contributed by atoms with van der Waals surface area (Å²) in [6.45, 7) is 1.58. The Kier molecular flexibility index (Phi) is 6.46. The van der Waals surface area contributed by atoms with E-state index < -0.39 is 0 Å². The Hall–Kier alpha value is -3.82. The van der Waals surface area contributed by atoms with Crippen molar-refractivity contribution in [2.45, 2.75) is 25.7 Å². The molecular formula is C24H28N4O6. The number of carbonyl (C=O) groups excluding carboxylic acids is 2. The van der Waals surface area contributed by atoms with Crippen LogP contribution in [0.3, 0.4) is 0 Å². The zero-order valence-electron chi connectivity index (χ0n) is 18.7. The van der Waals surface area contributed by atoms with Gasteiger partial charge >= 0.3 is 12.1 Å². The Morgan fingerprint density at radius 1 is 0.706 bits per heavy atom. The van der Waals surface area contributed by atoms with Gasteiger partial charge in [0.15, 0.2) is 23.0 Å². The van der Waals surface area contributed by atoms with E-state index in [1.54, 1.807) is 36.4 Å². The summed E-state index contributed by atoms with van der Waals surface area (Å²) in [6.07, 6.45) is 4.15. The summed E-state index contributed by atoms with van der Waals surface area (Å²) in [6, 6.07) is 10.1. The van der Waals surface area contributed by atoms with Crippen molar-refractivity contribution in [2.75, 3.05) is 37.3 Å². The smallest absolute Gasteiger partial charge is 0.319 e. The molecule has 2 atom stereocenters. The first-order valence-electron chi connectivity index (χ1n) is 11.5. The molecule has 1 fully saturated rings. The lowest BCUT2D eigenvalue weighted by Gasteiger charge is -2.29. The number of amides is 4. The number of hydrogen-bond acceptors (Lipinski definition) is 6. The van der Waals surface area contributed by atoms with E-state index in [2.05, 4.69) is 21.3 Å². The maximum absolute atomic E-state index is 12.3. The molecule has 1 saturated carbocycles. The second-order valence-electron chi connectivity index (χ2n) is 8.70. The molecule has 0 saturated heterocycles. The normalized spacial score (nSPS) is 19.9. The van der Waals surface area contributed by atoms with Gasteiger partial charge in [-0.2, -0.15) is 0 Å². The van der Waals surface area contributed by atoms with Gasteiger partial charge in [0, 0.05) is 36.6 Å². The molecule has 1 aliphatic carbocycles. The molecule has 0 radical (unpaired) electrons. The zero-order chi connectivity index (χ0) is 23.3. The fourth-order valence-corrected chi connectivity index (χ4v) is 4.55. The summed E-state index contributed by atoms with van der Waals surface area (Å²) in [4.78, 5) is 24.6. The van der Waals surface area contributed by atoms with E-state index in [0.717, 1.165) is 25.7 Å². The summed E-state index contributed by atoms with van der Waals surface area (Å²) in [7, 11) is 0. The van der Waals surface area contributed by atoms with Crippen LogP contribution in [0, 0.1) is 11.8 Å². The standard InChI is InChI=1S/C24H28N4O6/c29-23(27-17-4-6-19-21(9-17)33-13-31-19)25-11-15-2-1-3-16(8-15)12-26-24(30)28-18-5-7-20-22(10-18)34-14-32-20/h4-7,9-10,15-16H,1-3,8,11-14H2,(H2,25,27,29)(H2,26,28,30)/t15-,16-/m1/s1. The van der Waals surface area contributed by atoms with Gasteiger partial charge in [-0.1, -0.05) is 6.42 Å². The molecule has 2 aromatic rings. The number of fused-ring (bicyclic) bond motifs is 2. The minimum absolute atomic E-state index is 0.197. The number of hydrogen-bond donors (Lipinski definition) is 4. The first kappa shape index (κ1) is 22.0. The molecule has 4 N–H and O–H groups in total. The van der Waals surface area contributed by atoms with Crippen LogP contribution in [0.4, 0.5) is 21.0 Å². The van der Waals surface area contributed by atoms with Crippen LogP contribution in [0.2, 0.25) is 0 Å². The number of urea groups is 2. The van der Waals surface area contributed by atoms with E-state index in [4.69, 9.17) is 18.9 Å². The molecule has 3 aliphatic rings. The molecule has 0 bridgehead atoms. The average molecular weight is 469 g/mol. The van der Waals surface area contributed by atoms with Crippen molar-refractivity contribution < 1.29 is 28.5 Å². The third-order valence-electron chi connectivity index (χ3n) is 6.25. The predicted molar refractivity (Wildman–Crippen MR) is 125 cm³/mol. The number of anilines is 2. The van der Waals surface area contributed by atoms with Crippen molar-refractivity contribution in [3.8, 4) is 23.0 Å². The third-order valence-corrected chi connectivity index (χ3v) is 6.25. The minimum Gasteiger partial charge on any atom is -0.454 e. The zero-order valence-corrected chi connectivity index (χ0v) is 18.7. The van der Waals surface area contributed by atoms with Crippen molar-refractivity contribution in [1.82, 2.24) is 10.6 Å². The molecule has 4 amide bonds.